The molecular formula is C11H16ClNO2. The van der Waals surface area contributed by atoms with E-state index >= 15 is 0 Å². The number of nitrogens with zero attached hydrogens (tertiary/aromatic N) is 1. The van der Waals surface area contributed by atoms with Gasteiger partial charge in [-0.3, -0.25) is 0 Å². The van der Waals surface area contributed by atoms with Crippen LogP contribution in [-0.4, -0.2) is 24.3 Å². The molecule has 0 spiro atoms. The minimum absolute atomic E-state index is 0.00280. The van der Waals surface area contributed by atoms with Gasteiger partial charge in [-0.2, -0.15) is 0 Å². The summed E-state index contributed by atoms with van der Waals surface area (Å²) in [4.78, 5) is 4.10. The molecule has 0 aromatic carbocycles. The molecule has 0 saturated heterocycles. The lowest BCUT2D eigenvalue weighted by Crippen LogP contribution is -2.19. The predicted octanol–water partition coefficient (Wildman–Crippen LogP) is 2.62. The zero-order chi connectivity index (χ0) is 11.1. The van der Waals surface area contributed by atoms with E-state index in [0.717, 1.165) is 5.56 Å². The molecule has 1 aromatic heterocycles. The van der Waals surface area contributed by atoms with Crippen LogP contribution in [0.2, 0.25) is 0 Å². The summed E-state index contributed by atoms with van der Waals surface area (Å²) < 4.78 is 10.8. The molecule has 1 aromatic rings. The maximum atomic E-state index is 5.71. The summed E-state index contributed by atoms with van der Waals surface area (Å²) in [5, 5.41) is 0. The van der Waals surface area contributed by atoms with E-state index in [1.807, 2.05) is 26.0 Å². The Balaban J connectivity index is 2.48. The molecule has 0 N–H and O–H groups in total. The second-order valence-electron chi connectivity index (χ2n) is 3.22. The molecule has 15 heavy (non-hydrogen) atoms. The summed E-state index contributed by atoms with van der Waals surface area (Å²) >= 11 is 5.71. The average molecular weight is 230 g/mol. The maximum absolute atomic E-state index is 5.71. The van der Waals surface area contributed by atoms with Crippen LogP contribution in [0.25, 0.3) is 0 Å². The van der Waals surface area contributed by atoms with Crippen LogP contribution in [0, 0.1) is 0 Å². The topological polar surface area (TPSA) is 31.4 Å². The zero-order valence-corrected chi connectivity index (χ0v) is 9.83. The Hall–Kier alpha value is -0.800. The van der Waals surface area contributed by atoms with E-state index in [4.69, 9.17) is 21.1 Å². The van der Waals surface area contributed by atoms with Gasteiger partial charge in [-0.1, -0.05) is 0 Å². The third kappa shape index (κ3) is 4.49. The van der Waals surface area contributed by atoms with Crippen molar-refractivity contribution in [1.29, 1.82) is 0 Å². The highest BCUT2D eigenvalue weighted by atomic mass is 35.5. The molecule has 1 atom stereocenters. The predicted molar refractivity (Wildman–Crippen MR) is 60.4 cm³/mol. The second kappa shape index (κ2) is 6.64. The Kier molecular flexibility index (Phi) is 5.43. The lowest BCUT2D eigenvalue weighted by Gasteiger charge is -2.13. The lowest BCUT2D eigenvalue weighted by atomic mass is 10.3. The van der Waals surface area contributed by atoms with E-state index in [-0.39, 0.29) is 6.10 Å². The molecular weight excluding hydrogens is 214 g/mol. The van der Waals surface area contributed by atoms with Crippen molar-refractivity contribution in [3.8, 4) is 5.88 Å². The third-order valence-electron chi connectivity index (χ3n) is 1.83. The minimum atomic E-state index is 0.00280. The van der Waals surface area contributed by atoms with E-state index in [0.29, 0.717) is 25.0 Å². The minimum Gasteiger partial charge on any atom is -0.472 e. The standard InChI is InChI=1S/C11H16ClNO2/c1-3-14-8-9(2)15-11-6-10(7-12)4-5-13-11/h4-6,9H,3,7-8H2,1-2H3. The second-order valence-corrected chi connectivity index (χ2v) is 3.49. The van der Waals surface area contributed by atoms with Gasteiger partial charge in [-0.05, 0) is 25.5 Å². The number of hydrogen-bond acceptors (Lipinski definition) is 3. The van der Waals surface area contributed by atoms with Gasteiger partial charge in [0.15, 0.2) is 0 Å². The summed E-state index contributed by atoms with van der Waals surface area (Å²) in [5.41, 5.74) is 1.00. The van der Waals surface area contributed by atoms with Crippen LogP contribution in [0.4, 0.5) is 0 Å². The van der Waals surface area contributed by atoms with Gasteiger partial charge in [0, 0.05) is 24.8 Å². The molecule has 3 nitrogen and oxygen atoms in total. The number of ether oxygens (including phenoxy) is 2. The Morgan fingerprint density at radius 1 is 1.53 bits per heavy atom. The van der Waals surface area contributed by atoms with Gasteiger partial charge in [0.05, 0.1) is 6.61 Å². The first-order valence-corrected chi connectivity index (χ1v) is 5.55. The van der Waals surface area contributed by atoms with Crippen LogP contribution in [0.3, 0.4) is 0 Å². The van der Waals surface area contributed by atoms with Crippen LogP contribution >= 0.6 is 11.6 Å². The van der Waals surface area contributed by atoms with E-state index < -0.39 is 0 Å². The molecule has 0 fully saturated rings. The van der Waals surface area contributed by atoms with Crippen LogP contribution in [-0.2, 0) is 10.6 Å². The maximum Gasteiger partial charge on any atom is 0.213 e. The number of aromatic nitrogens is 1. The van der Waals surface area contributed by atoms with Gasteiger partial charge in [0.2, 0.25) is 5.88 Å². The quantitative estimate of drug-likeness (QED) is 0.703. The Bertz CT molecular complexity index is 294. The Morgan fingerprint density at radius 2 is 2.33 bits per heavy atom. The smallest absolute Gasteiger partial charge is 0.213 e. The number of hydrogen-bond donors (Lipinski definition) is 0. The number of alkyl halides is 1. The third-order valence-corrected chi connectivity index (χ3v) is 2.14. The fourth-order valence-corrected chi connectivity index (χ4v) is 1.29. The molecule has 0 aliphatic rings. The van der Waals surface area contributed by atoms with Crippen molar-refractivity contribution in [3.63, 3.8) is 0 Å². The van der Waals surface area contributed by atoms with Gasteiger partial charge < -0.3 is 9.47 Å². The molecule has 0 aliphatic carbocycles. The van der Waals surface area contributed by atoms with Crippen molar-refractivity contribution in [2.24, 2.45) is 0 Å². The van der Waals surface area contributed by atoms with Crippen LogP contribution < -0.4 is 4.74 Å². The average Bonchev–Trinajstić information content (AvgIpc) is 2.26. The van der Waals surface area contributed by atoms with Crippen LogP contribution in [0.15, 0.2) is 18.3 Å². The highest BCUT2D eigenvalue weighted by Gasteiger charge is 2.05. The summed E-state index contributed by atoms with van der Waals surface area (Å²) in [7, 11) is 0. The molecule has 0 radical (unpaired) electrons. The van der Waals surface area contributed by atoms with Crippen molar-refractivity contribution in [2.75, 3.05) is 13.2 Å². The number of halogens is 1. The first kappa shape index (κ1) is 12.3. The van der Waals surface area contributed by atoms with E-state index in [1.165, 1.54) is 0 Å². The van der Waals surface area contributed by atoms with E-state index in [9.17, 15) is 0 Å². The Morgan fingerprint density at radius 3 is 3.00 bits per heavy atom. The highest BCUT2D eigenvalue weighted by molar-refractivity contribution is 6.17. The van der Waals surface area contributed by atoms with Gasteiger partial charge >= 0.3 is 0 Å². The van der Waals surface area contributed by atoms with Crippen molar-refractivity contribution >= 4 is 11.6 Å². The van der Waals surface area contributed by atoms with Gasteiger partial charge in [0.25, 0.3) is 0 Å². The fourth-order valence-electron chi connectivity index (χ4n) is 1.12. The molecule has 4 heteroatoms. The summed E-state index contributed by atoms with van der Waals surface area (Å²) in [6.07, 6.45) is 1.70. The first-order chi connectivity index (χ1) is 7.26. The van der Waals surface area contributed by atoms with Crippen molar-refractivity contribution in [3.05, 3.63) is 23.9 Å². The first-order valence-electron chi connectivity index (χ1n) is 5.01. The molecule has 0 saturated carbocycles. The Labute approximate surface area is 95.4 Å². The number of rotatable bonds is 6. The summed E-state index contributed by atoms with van der Waals surface area (Å²) in [5.74, 6) is 1.07. The SMILES string of the molecule is CCOCC(C)Oc1cc(CCl)ccn1. The van der Waals surface area contributed by atoms with Crippen LogP contribution in [0.1, 0.15) is 19.4 Å². The summed E-state index contributed by atoms with van der Waals surface area (Å²) in [6, 6.07) is 3.71. The zero-order valence-electron chi connectivity index (χ0n) is 9.07. The number of pyridine rings is 1. The van der Waals surface area contributed by atoms with Gasteiger partial charge in [-0.15, -0.1) is 11.6 Å². The van der Waals surface area contributed by atoms with Crippen molar-refractivity contribution in [2.45, 2.75) is 25.8 Å². The molecule has 0 aliphatic heterocycles. The van der Waals surface area contributed by atoms with E-state index in [2.05, 4.69) is 4.98 Å². The largest absolute Gasteiger partial charge is 0.472 e. The molecule has 1 rings (SSSR count). The molecule has 1 heterocycles. The summed E-state index contributed by atoms with van der Waals surface area (Å²) in [6.45, 7) is 5.18. The molecule has 84 valence electrons. The fraction of sp³-hybridized carbons (Fsp3) is 0.545. The lowest BCUT2D eigenvalue weighted by molar-refractivity contribution is 0.0633. The van der Waals surface area contributed by atoms with E-state index in [1.54, 1.807) is 6.20 Å². The van der Waals surface area contributed by atoms with Crippen molar-refractivity contribution in [1.82, 2.24) is 4.98 Å². The van der Waals surface area contributed by atoms with Gasteiger partial charge in [-0.25, -0.2) is 4.98 Å². The highest BCUT2D eigenvalue weighted by Crippen LogP contribution is 2.12. The molecule has 1 unspecified atom stereocenters. The normalized spacial score (nSPS) is 12.5. The van der Waals surface area contributed by atoms with Crippen molar-refractivity contribution < 1.29 is 9.47 Å². The van der Waals surface area contributed by atoms with Gasteiger partial charge in [0.1, 0.15) is 6.10 Å². The monoisotopic (exact) mass is 229 g/mol. The molecule has 0 amide bonds. The molecule has 0 bridgehead atoms. The van der Waals surface area contributed by atoms with Crippen LogP contribution in [0.5, 0.6) is 5.88 Å².